The van der Waals surface area contributed by atoms with Gasteiger partial charge in [-0.05, 0) is 15.9 Å². The first-order valence-corrected chi connectivity index (χ1v) is 8.07. The third-order valence-corrected chi connectivity index (χ3v) is 3.81. The molecule has 1 aliphatic rings. The van der Waals surface area contributed by atoms with E-state index in [0.29, 0.717) is 0 Å². The van der Waals surface area contributed by atoms with Crippen LogP contribution in [0.4, 0.5) is 0 Å². The van der Waals surface area contributed by atoms with Crippen molar-refractivity contribution in [2.75, 3.05) is 6.61 Å². The minimum atomic E-state index is -2.17. The molecule has 0 aromatic rings. The Hall–Kier alpha value is -1.72. The number of ether oxygens (including phenoxy) is 4. The summed E-state index contributed by atoms with van der Waals surface area (Å²) in [5.74, 6) is -2.64. The molecule has 0 bridgehead atoms. The monoisotopic (exact) mass is 425 g/mol. The van der Waals surface area contributed by atoms with Crippen molar-refractivity contribution >= 4 is 39.7 Å². The predicted molar refractivity (Wildman–Crippen MR) is 84.1 cm³/mol. The molecule has 25 heavy (non-hydrogen) atoms. The second kappa shape index (κ2) is 8.59. The number of amides is 1. The second-order valence-corrected chi connectivity index (χ2v) is 6.53. The number of halogens is 1. The zero-order valence-electron chi connectivity index (χ0n) is 14.1. The largest absolute Gasteiger partial charge is 0.463 e. The first-order chi connectivity index (χ1) is 11.4. The quantitative estimate of drug-likeness (QED) is 0.334. The van der Waals surface area contributed by atoms with E-state index in [0.717, 1.165) is 20.8 Å². The van der Waals surface area contributed by atoms with Gasteiger partial charge in [-0.1, -0.05) is 0 Å². The fraction of sp³-hybridized carbons (Fsp3) is 0.714. The summed E-state index contributed by atoms with van der Waals surface area (Å²) in [5, 5.41) is 12.8. The van der Waals surface area contributed by atoms with Crippen molar-refractivity contribution in [3.8, 4) is 0 Å². The molecule has 1 heterocycles. The Kier molecular flexibility index (Phi) is 7.32. The molecule has 0 unspecified atom stereocenters. The number of aliphatic hydroxyl groups is 1. The van der Waals surface area contributed by atoms with E-state index in [1.165, 1.54) is 6.92 Å². The zero-order chi connectivity index (χ0) is 19.4. The van der Waals surface area contributed by atoms with E-state index in [-0.39, 0.29) is 6.61 Å². The normalized spacial score (nSPS) is 31.6. The van der Waals surface area contributed by atoms with Gasteiger partial charge >= 0.3 is 17.9 Å². The SMILES string of the molecule is CC(=O)N[C@@H]1[C@@H](OC(C)=O)[C@@H](OC(C)=O)[C@@H](COC(C)=O)O[C@]1(O)Br. The number of hydrogen-bond acceptors (Lipinski definition) is 9. The molecule has 0 saturated carbocycles. The molecule has 10 nitrogen and oxygen atoms in total. The molecule has 0 spiro atoms. The Labute approximate surface area is 152 Å². The van der Waals surface area contributed by atoms with Gasteiger partial charge in [0.2, 0.25) is 10.6 Å². The summed E-state index contributed by atoms with van der Waals surface area (Å²) < 4.78 is 18.3. The standard InChI is InChI=1S/C14H20BrNO9/c1-6(17)16-13-12(24-9(4)20)11(23-8(3)19)10(5-22-7(2)18)25-14(13,15)21/h10-13,21H,5H2,1-4H3,(H,16,17)/t10-,11+,12+,13-,14+/m1/s1. The van der Waals surface area contributed by atoms with Crippen LogP contribution in [-0.2, 0) is 38.1 Å². The van der Waals surface area contributed by atoms with E-state index in [1.54, 1.807) is 0 Å². The van der Waals surface area contributed by atoms with Gasteiger partial charge in [0.1, 0.15) is 18.8 Å². The molecule has 142 valence electrons. The van der Waals surface area contributed by atoms with Crippen molar-refractivity contribution in [1.29, 1.82) is 0 Å². The molecule has 1 saturated heterocycles. The van der Waals surface area contributed by atoms with Crippen molar-refractivity contribution < 1.29 is 43.2 Å². The molecule has 1 aliphatic heterocycles. The highest BCUT2D eigenvalue weighted by molar-refractivity contribution is 9.10. The van der Waals surface area contributed by atoms with Crippen LogP contribution < -0.4 is 5.32 Å². The smallest absolute Gasteiger partial charge is 0.303 e. The number of esters is 3. The molecule has 0 aromatic carbocycles. The lowest BCUT2D eigenvalue weighted by Gasteiger charge is -2.47. The Morgan fingerprint density at radius 2 is 1.56 bits per heavy atom. The highest BCUT2D eigenvalue weighted by Gasteiger charge is 2.57. The maximum Gasteiger partial charge on any atom is 0.303 e. The first-order valence-electron chi connectivity index (χ1n) is 7.28. The fourth-order valence-electron chi connectivity index (χ4n) is 2.34. The van der Waals surface area contributed by atoms with Crippen molar-refractivity contribution in [1.82, 2.24) is 5.32 Å². The second-order valence-electron chi connectivity index (χ2n) is 5.39. The number of carbonyl (C=O) groups excluding carboxylic acids is 4. The van der Waals surface area contributed by atoms with Gasteiger partial charge in [0, 0.05) is 27.7 Å². The van der Waals surface area contributed by atoms with Crippen molar-refractivity contribution in [3.63, 3.8) is 0 Å². The van der Waals surface area contributed by atoms with Crippen LogP contribution in [0, 0.1) is 0 Å². The van der Waals surface area contributed by atoms with Crippen LogP contribution in [0.3, 0.4) is 0 Å². The van der Waals surface area contributed by atoms with Crippen LogP contribution in [0.5, 0.6) is 0 Å². The highest BCUT2D eigenvalue weighted by Crippen LogP contribution is 2.36. The maximum absolute atomic E-state index is 11.5. The third kappa shape index (κ3) is 6.25. The molecule has 0 radical (unpaired) electrons. The highest BCUT2D eigenvalue weighted by atomic mass is 79.9. The summed E-state index contributed by atoms with van der Waals surface area (Å²) >= 11 is 2.91. The molecule has 1 rings (SSSR count). The lowest BCUT2D eigenvalue weighted by Crippen LogP contribution is -2.69. The molecule has 0 aliphatic carbocycles. The average molecular weight is 426 g/mol. The predicted octanol–water partition coefficient (Wildman–Crippen LogP) is -0.643. The van der Waals surface area contributed by atoms with Crippen molar-refractivity contribution in [2.24, 2.45) is 0 Å². The van der Waals surface area contributed by atoms with E-state index < -0.39 is 52.9 Å². The third-order valence-electron chi connectivity index (χ3n) is 3.13. The summed E-state index contributed by atoms with van der Waals surface area (Å²) in [4.78, 5) is 45.4. The molecule has 5 atom stereocenters. The van der Waals surface area contributed by atoms with Gasteiger partial charge in [-0.25, -0.2) is 0 Å². The summed E-state index contributed by atoms with van der Waals surface area (Å²) in [7, 11) is 0. The molecule has 2 N–H and O–H groups in total. The van der Waals surface area contributed by atoms with E-state index >= 15 is 0 Å². The molecule has 11 heteroatoms. The van der Waals surface area contributed by atoms with Crippen LogP contribution in [0.1, 0.15) is 27.7 Å². The van der Waals surface area contributed by atoms with E-state index in [9.17, 15) is 24.3 Å². The van der Waals surface area contributed by atoms with E-state index in [4.69, 9.17) is 18.9 Å². The van der Waals surface area contributed by atoms with Crippen LogP contribution in [0.25, 0.3) is 0 Å². The lowest BCUT2D eigenvalue weighted by atomic mass is 9.96. The Morgan fingerprint density at radius 1 is 1.04 bits per heavy atom. The molecular weight excluding hydrogens is 406 g/mol. The van der Waals surface area contributed by atoms with Gasteiger partial charge in [-0.2, -0.15) is 0 Å². The summed E-state index contributed by atoms with van der Waals surface area (Å²) in [5.41, 5.74) is 0. The Morgan fingerprint density at radius 3 is 2.00 bits per heavy atom. The lowest BCUT2D eigenvalue weighted by molar-refractivity contribution is -0.277. The number of alkyl halides is 1. The van der Waals surface area contributed by atoms with Crippen LogP contribution in [0.2, 0.25) is 0 Å². The topological polar surface area (TPSA) is 137 Å². The molecule has 1 fully saturated rings. The van der Waals surface area contributed by atoms with Gasteiger partial charge in [-0.15, -0.1) is 0 Å². The minimum Gasteiger partial charge on any atom is -0.463 e. The van der Waals surface area contributed by atoms with Crippen LogP contribution in [0.15, 0.2) is 0 Å². The first kappa shape index (κ1) is 21.3. The van der Waals surface area contributed by atoms with Crippen molar-refractivity contribution in [2.45, 2.75) is 56.7 Å². The van der Waals surface area contributed by atoms with Gasteiger partial charge in [0.25, 0.3) is 0 Å². The maximum atomic E-state index is 11.5. The Balaban J connectivity index is 3.24. The fourth-order valence-corrected chi connectivity index (χ4v) is 2.95. The number of hydrogen-bond donors (Lipinski definition) is 2. The number of nitrogens with one attached hydrogen (secondary N) is 1. The molecule has 1 amide bonds. The minimum absolute atomic E-state index is 0.383. The van der Waals surface area contributed by atoms with Gasteiger partial charge < -0.3 is 29.4 Å². The van der Waals surface area contributed by atoms with Crippen molar-refractivity contribution in [3.05, 3.63) is 0 Å². The van der Waals surface area contributed by atoms with Crippen LogP contribution >= 0.6 is 15.9 Å². The average Bonchev–Trinajstić information content (AvgIpc) is 2.42. The summed E-state index contributed by atoms with van der Waals surface area (Å²) in [6, 6.07) is -1.30. The van der Waals surface area contributed by atoms with E-state index in [1.807, 2.05) is 0 Å². The zero-order valence-corrected chi connectivity index (χ0v) is 15.7. The molecular formula is C14H20BrNO9. The van der Waals surface area contributed by atoms with Crippen LogP contribution in [-0.4, -0.2) is 64.6 Å². The van der Waals surface area contributed by atoms with E-state index in [2.05, 4.69) is 21.2 Å². The summed E-state index contributed by atoms with van der Waals surface area (Å²) in [6.45, 7) is 4.19. The van der Waals surface area contributed by atoms with Gasteiger partial charge in [0.15, 0.2) is 12.2 Å². The molecule has 0 aromatic heterocycles. The number of rotatable bonds is 5. The van der Waals surface area contributed by atoms with Gasteiger partial charge in [0.05, 0.1) is 0 Å². The summed E-state index contributed by atoms with van der Waals surface area (Å²) in [6.07, 6.45) is -3.70. The number of carbonyl (C=O) groups is 4. The van der Waals surface area contributed by atoms with Gasteiger partial charge in [-0.3, -0.25) is 19.2 Å². The Bertz CT molecular complexity index is 550.